The Kier molecular flexibility index (Phi) is 6.94. The molecule has 3 aromatic carbocycles. The molecule has 0 radical (unpaired) electrons. The number of carbonyl (C=O) groups is 1. The number of benzene rings is 3. The molecule has 1 aromatic heterocycles. The number of rotatable bonds is 7. The first-order valence-corrected chi connectivity index (χ1v) is 10.6. The molecule has 0 fully saturated rings. The summed E-state index contributed by atoms with van der Waals surface area (Å²) in [5.74, 6) is -2.21. The van der Waals surface area contributed by atoms with Crippen molar-refractivity contribution in [2.75, 3.05) is 12.4 Å². The highest BCUT2D eigenvalue weighted by atomic mass is 19.1. The molecule has 0 aliphatic heterocycles. The van der Waals surface area contributed by atoms with Crippen LogP contribution in [-0.2, 0) is 4.79 Å². The third-order valence-electron chi connectivity index (χ3n) is 5.57. The van der Waals surface area contributed by atoms with Crippen LogP contribution >= 0.6 is 0 Å². The summed E-state index contributed by atoms with van der Waals surface area (Å²) in [5, 5.41) is 2.68. The van der Waals surface area contributed by atoms with Crippen LogP contribution in [0.2, 0.25) is 0 Å². The number of hydrogen-bond acceptors (Lipinski definition) is 4. The highest BCUT2D eigenvalue weighted by Gasteiger charge is 2.28. The number of nitrogens with two attached hydrogens (primary N) is 1. The van der Waals surface area contributed by atoms with Gasteiger partial charge in [0, 0.05) is 17.2 Å². The molecule has 1 unspecified atom stereocenters. The van der Waals surface area contributed by atoms with E-state index in [0.29, 0.717) is 0 Å². The lowest BCUT2D eigenvalue weighted by molar-refractivity contribution is -0.117. The molecule has 0 saturated carbocycles. The fourth-order valence-electron chi connectivity index (χ4n) is 3.93. The van der Waals surface area contributed by atoms with Crippen molar-refractivity contribution in [1.29, 1.82) is 0 Å². The molecule has 5 nitrogen and oxygen atoms in total. The summed E-state index contributed by atoms with van der Waals surface area (Å²) >= 11 is 0. The van der Waals surface area contributed by atoms with Crippen molar-refractivity contribution in [3.63, 3.8) is 0 Å². The molecule has 0 spiro atoms. The smallest absolute Gasteiger partial charge is 0.242 e. The van der Waals surface area contributed by atoms with E-state index in [1.807, 2.05) is 60.7 Å². The molecule has 7 heteroatoms. The van der Waals surface area contributed by atoms with Crippen LogP contribution in [0.4, 0.5) is 14.5 Å². The van der Waals surface area contributed by atoms with Crippen molar-refractivity contribution in [3.05, 3.63) is 114 Å². The first-order valence-electron chi connectivity index (χ1n) is 10.6. The molecule has 1 atom stereocenters. The third kappa shape index (κ3) is 4.79. The Bertz CT molecular complexity index is 1240. The minimum atomic E-state index is -0.940. The van der Waals surface area contributed by atoms with Crippen molar-refractivity contribution in [2.24, 2.45) is 5.73 Å². The number of nitrogens with one attached hydrogen (secondary N) is 1. The second-order valence-electron chi connectivity index (χ2n) is 7.71. The number of aromatic nitrogens is 1. The van der Waals surface area contributed by atoms with Crippen LogP contribution in [0.5, 0.6) is 5.75 Å². The average molecular weight is 459 g/mol. The number of ether oxygens (including phenoxy) is 1. The van der Waals surface area contributed by atoms with Crippen molar-refractivity contribution in [1.82, 2.24) is 4.98 Å². The predicted octanol–water partition coefficient (Wildman–Crippen LogP) is 5.13. The molecule has 0 saturated heterocycles. The fourth-order valence-corrected chi connectivity index (χ4v) is 3.93. The second-order valence-corrected chi connectivity index (χ2v) is 7.71. The zero-order valence-electron chi connectivity index (χ0n) is 18.4. The first kappa shape index (κ1) is 23.1. The molecular weight excluding hydrogens is 436 g/mol. The van der Waals surface area contributed by atoms with Crippen molar-refractivity contribution in [3.8, 4) is 16.9 Å². The van der Waals surface area contributed by atoms with Gasteiger partial charge in [-0.1, -0.05) is 60.7 Å². The Morgan fingerprint density at radius 3 is 2.09 bits per heavy atom. The number of amides is 1. The van der Waals surface area contributed by atoms with E-state index < -0.39 is 29.5 Å². The van der Waals surface area contributed by atoms with Gasteiger partial charge in [-0.05, 0) is 29.3 Å². The Morgan fingerprint density at radius 2 is 1.53 bits per heavy atom. The van der Waals surface area contributed by atoms with Crippen LogP contribution < -0.4 is 15.8 Å². The molecule has 4 aromatic rings. The molecule has 1 amide bonds. The number of carbonyl (C=O) groups excluding carboxylic acids is 1. The van der Waals surface area contributed by atoms with Gasteiger partial charge in [0.2, 0.25) is 5.91 Å². The number of nitrogens with zero attached hydrogens (tertiary/aromatic N) is 1. The Labute approximate surface area is 196 Å². The average Bonchev–Trinajstić information content (AvgIpc) is 2.86. The van der Waals surface area contributed by atoms with E-state index >= 15 is 0 Å². The minimum absolute atomic E-state index is 0.00880. The van der Waals surface area contributed by atoms with E-state index in [4.69, 9.17) is 10.5 Å². The van der Waals surface area contributed by atoms with Crippen LogP contribution in [0, 0.1) is 11.6 Å². The maximum absolute atomic E-state index is 14.9. The van der Waals surface area contributed by atoms with E-state index in [1.54, 1.807) is 0 Å². The monoisotopic (exact) mass is 459 g/mol. The van der Waals surface area contributed by atoms with E-state index in [0.717, 1.165) is 23.4 Å². The molecule has 172 valence electrons. The predicted molar refractivity (Wildman–Crippen MR) is 127 cm³/mol. The van der Waals surface area contributed by atoms with Crippen LogP contribution in [0.1, 0.15) is 17.0 Å². The van der Waals surface area contributed by atoms with Crippen LogP contribution in [-0.4, -0.2) is 24.0 Å². The van der Waals surface area contributed by atoms with Crippen molar-refractivity contribution >= 4 is 11.6 Å². The summed E-state index contributed by atoms with van der Waals surface area (Å²) in [4.78, 5) is 16.8. The summed E-state index contributed by atoms with van der Waals surface area (Å²) in [6.07, 6.45) is 2.29. The number of hydrogen-bond donors (Lipinski definition) is 2. The molecular formula is C27H23F2N3O2. The summed E-state index contributed by atoms with van der Waals surface area (Å²) in [5.41, 5.74) is 8.34. The molecule has 4 rings (SSSR count). The fraction of sp³-hybridized carbons (Fsp3) is 0.111. The second kappa shape index (κ2) is 10.2. The van der Waals surface area contributed by atoms with E-state index in [1.165, 1.54) is 25.4 Å². The third-order valence-corrected chi connectivity index (χ3v) is 5.57. The summed E-state index contributed by atoms with van der Waals surface area (Å²) < 4.78 is 34.4. The highest BCUT2D eigenvalue weighted by molar-refractivity contribution is 5.96. The van der Waals surface area contributed by atoms with Gasteiger partial charge >= 0.3 is 0 Å². The number of methoxy groups -OCH3 is 1. The first-order chi connectivity index (χ1) is 16.5. The standard InChI is InChI=1S/C27H23F2N3O2/c1-34-23-16-31-15-22(29)25(23)20-13-12-19(14-21(20)28)32-27(33)26(30)24(17-8-4-2-5-9-17)18-10-6-3-7-11-18/h2-16,24,26H,30H2,1H3,(H,32,33). The molecule has 0 aliphatic carbocycles. The van der Waals surface area contributed by atoms with Crippen LogP contribution in [0.3, 0.4) is 0 Å². The lowest BCUT2D eigenvalue weighted by Crippen LogP contribution is -2.41. The van der Waals surface area contributed by atoms with E-state index in [-0.39, 0.29) is 22.6 Å². The van der Waals surface area contributed by atoms with Crippen molar-refractivity contribution in [2.45, 2.75) is 12.0 Å². The van der Waals surface area contributed by atoms with Crippen LogP contribution in [0.25, 0.3) is 11.1 Å². The molecule has 1 heterocycles. The summed E-state index contributed by atoms with van der Waals surface area (Å²) in [6.45, 7) is 0. The minimum Gasteiger partial charge on any atom is -0.494 e. The van der Waals surface area contributed by atoms with Gasteiger partial charge in [-0.15, -0.1) is 0 Å². The van der Waals surface area contributed by atoms with Gasteiger partial charge in [-0.3, -0.25) is 9.78 Å². The number of halogens is 2. The maximum Gasteiger partial charge on any atom is 0.242 e. The maximum atomic E-state index is 14.9. The van der Waals surface area contributed by atoms with Gasteiger partial charge in [0.15, 0.2) is 5.82 Å². The largest absolute Gasteiger partial charge is 0.494 e. The molecule has 0 aliphatic rings. The quantitative estimate of drug-likeness (QED) is 0.402. The van der Waals surface area contributed by atoms with E-state index in [2.05, 4.69) is 10.3 Å². The Hall–Kier alpha value is -4.10. The summed E-state index contributed by atoms with van der Waals surface area (Å²) in [6, 6.07) is 22.0. The lowest BCUT2D eigenvalue weighted by atomic mass is 9.85. The normalized spacial score (nSPS) is 11.8. The zero-order chi connectivity index (χ0) is 24.1. The van der Waals surface area contributed by atoms with Gasteiger partial charge in [-0.2, -0.15) is 0 Å². The van der Waals surface area contributed by atoms with E-state index in [9.17, 15) is 13.6 Å². The molecule has 0 bridgehead atoms. The van der Waals surface area contributed by atoms with Gasteiger partial charge in [-0.25, -0.2) is 8.78 Å². The summed E-state index contributed by atoms with van der Waals surface area (Å²) in [7, 11) is 1.35. The highest BCUT2D eigenvalue weighted by Crippen LogP contribution is 2.34. The topological polar surface area (TPSA) is 77.2 Å². The van der Waals surface area contributed by atoms with Crippen molar-refractivity contribution < 1.29 is 18.3 Å². The lowest BCUT2D eigenvalue weighted by Gasteiger charge is -2.24. The Balaban J connectivity index is 1.60. The Morgan fingerprint density at radius 1 is 0.912 bits per heavy atom. The van der Waals surface area contributed by atoms with Crippen LogP contribution in [0.15, 0.2) is 91.3 Å². The van der Waals surface area contributed by atoms with Gasteiger partial charge in [0.1, 0.15) is 11.6 Å². The van der Waals surface area contributed by atoms with Gasteiger partial charge in [0.25, 0.3) is 0 Å². The number of pyridine rings is 1. The number of anilines is 1. The SMILES string of the molecule is COc1cncc(F)c1-c1ccc(NC(=O)C(N)C(c2ccccc2)c2ccccc2)cc1F. The molecule has 3 N–H and O–H groups in total. The van der Waals surface area contributed by atoms with Gasteiger partial charge < -0.3 is 15.8 Å². The zero-order valence-corrected chi connectivity index (χ0v) is 18.4. The van der Waals surface area contributed by atoms with Gasteiger partial charge in [0.05, 0.1) is 31.1 Å². The molecule has 34 heavy (non-hydrogen) atoms.